The number of aromatic amines is 1. The molecule has 1 aromatic carbocycles. The Morgan fingerprint density at radius 1 is 1.21 bits per heavy atom. The van der Waals surface area contributed by atoms with E-state index in [-0.39, 0.29) is 11.4 Å². The average Bonchev–Trinajstić information content (AvgIpc) is 2.38. The fourth-order valence-corrected chi connectivity index (χ4v) is 2.73. The van der Waals surface area contributed by atoms with Crippen LogP contribution in [0.5, 0.6) is 0 Å². The number of aryl methyl sites for hydroxylation is 1. The van der Waals surface area contributed by atoms with E-state index in [1.54, 1.807) is 0 Å². The van der Waals surface area contributed by atoms with E-state index in [4.69, 9.17) is 0 Å². The first-order valence-corrected chi connectivity index (χ1v) is 7.20. The van der Waals surface area contributed by atoms with Gasteiger partial charge in [0.05, 0.1) is 0 Å². The monoisotopic (exact) mass is 278 g/mol. The maximum Gasteiger partial charge on any atom is 0.246 e. The molecule has 0 aliphatic rings. The number of nitrogens with one attached hydrogen (secondary N) is 2. The first-order valence-electron chi connectivity index (χ1n) is 5.72. The number of pyridine rings is 1. The predicted molar refractivity (Wildman–Crippen MR) is 72.3 cm³/mol. The lowest BCUT2D eigenvalue weighted by atomic mass is 10.1. The maximum atomic E-state index is 12.0. The van der Waals surface area contributed by atoms with Crippen LogP contribution in [0.2, 0.25) is 0 Å². The van der Waals surface area contributed by atoms with Crippen LogP contribution >= 0.6 is 0 Å². The van der Waals surface area contributed by atoms with Crippen LogP contribution in [-0.2, 0) is 16.6 Å². The summed E-state index contributed by atoms with van der Waals surface area (Å²) in [6.45, 7) is 2.06. The highest BCUT2D eigenvalue weighted by atomic mass is 32.2. The maximum absolute atomic E-state index is 12.0. The normalized spacial score (nSPS) is 11.4. The Labute approximate surface area is 111 Å². The van der Waals surface area contributed by atoms with Gasteiger partial charge in [0.1, 0.15) is 4.90 Å². The van der Waals surface area contributed by atoms with Crippen molar-refractivity contribution in [3.8, 4) is 0 Å². The summed E-state index contributed by atoms with van der Waals surface area (Å²) in [6.07, 6.45) is 2.57. The zero-order valence-corrected chi connectivity index (χ0v) is 11.2. The van der Waals surface area contributed by atoms with Crippen molar-refractivity contribution in [2.24, 2.45) is 0 Å². The Balaban J connectivity index is 2.22. The van der Waals surface area contributed by atoms with Gasteiger partial charge in [-0.1, -0.05) is 24.3 Å². The van der Waals surface area contributed by atoms with Gasteiger partial charge in [0.2, 0.25) is 15.5 Å². The Hall–Kier alpha value is -1.92. The molecule has 2 N–H and O–H groups in total. The molecule has 19 heavy (non-hydrogen) atoms. The van der Waals surface area contributed by atoms with Gasteiger partial charge in [0.25, 0.3) is 0 Å². The molecule has 2 rings (SSSR count). The van der Waals surface area contributed by atoms with E-state index in [2.05, 4.69) is 9.71 Å². The minimum atomic E-state index is -3.80. The fourth-order valence-electron chi connectivity index (χ4n) is 1.67. The van der Waals surface area contributed by atoms with Gasteiger partial charge in [-0.3, -0.25) is 4.79 Å². The molecule has 0 saturated carbocycles. The molecule has 0 radical (unpaired) electrons. The summed E-state index contributed by atoms with van der Waals surface area (Å²) < 4.78 is 26.4. The highest BCUT2D eigenvalue weighted by molar-refractivity contribution is 7.89. The topological polar surface area (TPSA) is 79.0 Å². The Bertz CT molecular complexity index is 735. The lowest BCUT2D eigenvalue weighted by Crippen LogP contribution is -2.28. The molecule has 100 valence electrons. The number of hydrogen-bond acceptors (Lipinski definition) is 3. The number of sulfonamides is 1. The summed E-state index contributed by atoms with van der Waals surface area (Å²) in [7, 11) is -3.80. The zero-order valence-electron chi connectivity index (χ0n) is 10.4. The standard InChI is InChI=1S/C13H14N2O3S/c1-10-4-2-3-5-11(10)8-15-19(17,18)13-9-14-7-6-12(13)16/h2-7,9,15H,8H2,1H3,(H,14,16). The molecule has 6 heteroatoms. The number of hydrogen-bond donors (Lipinski definition) is 2. The quantitative estimate of drug-likeness (QED) is 0.881. The number of aromatic nitrogens is 1. The van der Waals surface area contributed by atoms with Crippen molar-refractivity contribution < 1.29 is 8.42 Å². The second kappa shape index (κ2) is 5.38. The summed E-state index contributed by atoms with van der Waals surface area (Å²) in [4.78, 5) is 13.8. The van der Waals surface area contributed by atoms with Gasteiger partial charge in [-0.25, -0.2) is 13.1 Å². The molecule has 0 saturated heterocycles. The fraction of sp³-hybridized carbons (Fsp3) is 0.154. The van der Waals surface area contributed by atoms with Crippen LogP contribution in [0, 0.1) is 6.92 Å². The van der Waals surface area contributed by atoms with E-state index >= 15 is 0 Å². The lowest BCUT2D eigenvalue weighted by Gasteiger charge is -2.08. The highest BCUT2D eigenvalue weighted by Crippen LogP contribution is 2.08. The van der Waals surface area contributed by atoms with Gasteiger partial charge >= 0.3 is 0 Å². The SMILES string of the molecule is Cc1ccccc1CNS(=O)(=O)c1c[nH]ccc1=O. The third kappa shape index (κ3) is 3.10. The van der Waals surface area contributed by atoms with Crippen molar-refractivity contribution in [3.63, 3.8) is 0 Å². The molecule has 0 aliphatic carbocycles. The third-order valence-electron chi connectivity index (χ3n) is 2.79. The van der Waals surface area contributed by atoms with Gasteiger partial charge < -0.3 is 4.98 Å². The molecule has 0 atom stereocenters. The highest BCUT2D eigenvalue weighted by Gasteiger charge is 2.17. The lowest BCUT2D eigenvalue weighted by molar-refractivity contribution is 0.580. The smallest absolute Gasteiger partial charge is 0.246 e. The van der Waals surface area contributed by atoms with Gasteiger partial charge in [-0.05, 0) is 18.1 Å². The van der Waals surface area contributed by atoms with Crippen LogP contribution < -0.4 is 10.2 Å². The molecule has 0 amide bonds. The van der Waals surface area contributed by atoms with Crippen LogP contribution in [-0.4, -0.2) is 13.4 Å². The van der Waals surface area contributed by atoms with E-state index in [0.717, 1.165) is 11.1 Å². The minimum Gasteiger partial charge on any atom is -0.366 e. The van der Waals surface area contributed by atoms with Crippen molar-refractivity contribution in [1.82, 2.24) is 9.71 Å². The Kier molecular flexibility index (Phi) is 3.82. The largest absolute Gasteiger partial charge is 0.366 e. The summed E-state index contributed by atoms with van der Waals surface area (Å²) in [5.74, 6) is 0. The van der Waals surface area contributed by atoms with Gasteiger partial charge in [0, 0.05) is 25.0 Å². The van der Waals surface area contributed by atoms with Crippen molar-refractivity contribution in [3.05, 3.63) is 64.1 Å². The number of rotatable bonds is 4. The van der Waals surface area contributed by atoms with Crippen molar-refractivity contribution >= 4 is 10.0 Å². The van der Waals surface area contributed by atoms with Crippen LogP contribution in [0.25, 0.3) is 0 Å². The molecule has 5 nitrogen and oxygen atoms in total. The van der Waals surface area contributed by atoms with Gasteiger partial charge in [-0.2, -0.15) is 0 Å². The van der Waals surface area contributed by atoms with Gasteiger partial charge in [0.15, 0.2) is 0 Å². The second-order valence-electron chi connectivity index (χ2n) is 4.12. The summed E-state index contributed by atoms with van der Waals surface area (Å²) >= 11 is 0. The van der Waals surface area contributed by atoms with Crippen molar-refractivity contribution in [2.45, 2.75) is 18.4 Å². The summed E-state index contributed by atoms with van der Waals surface area (Å²) in [5.41, 5.74) is 1.33. The molecule has 0 aliphatic heterocycles. The van der Waals surface area contributed by atoms with Crippen LogP contribution in [0.1, 0.15) is 11.1 Å². The van der Waals surface area contributed by atoms with Crippen molar-refractivity contribution in [1.29, 1.82) is 0 Å². The molecular formula is C13H14N2O3S. The summed E-state index contributed by atoms with van der Waals surface area (Å²) in [6, 6.07) is 8.65. The molecule has 1 aromatic heterocycles. The average molecular weight is 278 g/mol. The molecule has 0 unspecified atom stereocenters. The van der Waals surface area contributed by atoms with E-state index in [0.29, 0.717) is 0 Å². The Morgan fingerprint density at radius 3 is 2.63 bits per heavy atom. The summed E-state index contributed by atoms with van der Waals surface area (Å²) in [5, 5.41) is 0. The molecule has 2 aromatic rings. The zero-order chi connectivity index (χ0) is 13.9. The minimum absolute atomic E-state index is 0.156. The van der Waals surface area contributed by atoms with Crippen LogP contribution in [0.15, 0.2) is 52.4 Å². The van der Waals surface area contributed by atoms with E-state index in [1.165, 1.54) is 18.5 Å². The van der Waals surface area contributed by atoms with Crippen LogP contribution in [0.4, 0.5) is 0 Å². The molecule has 0 spiro atoms. The second-order valence-corrected chi connectivity index (χ2v) is 5.86. The first kappa shape index (κ1) is 13.5. The predicted octanol–water partition coefficient (Wildman–Crippen LogP) is 1.16. The van der Waals surface area contributed by atoms with Crippen molar-refractivity contribution in [2.75, 3.05) is 0 Å². The third-order valence-corrected chi connectivity index (χ3v) is 4.21. The molecular weight excluding hydrogens is 264 g/mol. The van der Waals surface area contributed by atoms with Gasteiger partial charge in [-0.15, -0.1) is 0 Å². The number of H-pyrrole nitrogens is 1. The molecule has 1 heterocycles. The Morgan fingerprint density at radius 2 is 1.95 bits per heavy atom. The van der Waals surface area contributed by atoms with E-state index < -0.39 is 15.5 Å². The van der Waals surface area contributed by atoms with Crippen LogP contribution in [0.3, 0.4) is 0 Å². The molecule has 0 bridgehead atoms. The van der Waals surface area contributed by atoms with E-state index in [1.807, 2.05) is 31.2 Å². The molecule has 0 fully saturated rings. The first-order chi connectivity index (χ1) is 9.00. The van der Waals surface area contributed by atoms with E-state index in [9.17, 15) is 13.2 Å². The number of benzene rings is 1.